The van der Waals surface area contributed by atoms with E-state index < -0.39 is 0 Å². The number of carbonyl (C=O) groups excluding carboxylic acids is 2. The van der Waals surface area contributed by atoms with E-state index in [1.165, 1.54) is 0 Å². The molecule has 0 atom stereocenters. The van der Waals surface area contributed by atoms with Crippen LogP contribution in [0, 0.1) is 0 Å². The molecule has 0 fully saturated rings. The maximum atomic E-state index is 12.2. The van der Waals surface area contributed by atoms with E-state index >= 15 is 0 Å². The number of nitrogens with one attached hydrogen (secondary N) is 1. The quantitative estimate of drug-likeness (QED) is 0.634. The first-order chi connectivity index (χ1) is 13.1. The van der Waals surface area contributed by atoms with E-state index in [0.29, 0.717) is 18.5 Å². The van der Waals surface area contributed by atoms with E-state index in [1.807, 2.05) is 42.6 Å². The van der Waals surface area contributed by atoms with Crippen LogP contribution < -0.4 is 11.1 Å². The van der Waals surface area contributed by atoms with Crippen molar-refractivity contribution in [1.82, 2.24) is 10.3 Å². The van der Waals surface area contributed by atoms with Gasteiger partial charge in [0.25, 0.3) is 5.91 Å². The van der Waals surface area contributed by atoms with E-state index in [1.54, 1.807) is 18.3 Å². The summed E-state index contributed by atoms with van der Waals surface area (Å²) >= 11 is 0. The molecule has 1 aromatic heterocycles. The smallest absolute Gasteiger partial charge is 0.251 e. The van der Waals surface area contributed by atoms with Crippen LogP contribution in [0.1, 0.15) is 23.2 Å². The van der Waals surface area contributed by atoms with E-state index in [-0.39, 0.29) is 18.2 Å². The average molecular weight is 359 g/mol. The Kier molecular flexibility index (Phi) is 5.94. The van der Waals surface area contributed by atoms with Gasteiger partial charge in [0, 0.05) is 36.5 Å². The van der Waals surface area contributed by atoms with Crippen molar-refractivity contribution in [2.45, 2.75) is 12.8 Å². The molecular weight excluding hydrogens is 338 g/mol. The number of benzene rings is 2. The largest absolute Gasteiger partial charge is 0.370 e. The molecule has 0 spiro atoms. The zero-order valence-electron chi connectivity index (χ0n) is 14.9. The summed E-state index contributed by atoms with van der Waals surface area (Å²) in [5.41, 5.74) is 9.88. The van der Waals surface area contributed by atoms with Gasteiger partial charge in [-0.3, -0.25) is 14.6 Å². The van der Waals surface area contributed by atoms with Crippen molar-refractivity contribution in [3.05, 3.63) is 78.6 Å². The zero-order valence-corrected chi connectivity index (χ0v) is 14.9. The van der Waals surface area contributed by atoms with Crippen LogP contribution in [0.3, 0.4) is 0 Å². The number of rotatable bonds is 7. The number of hydrogen-bond donors (Lipinski definition) is 2. The second-order valence-corrected chi connectivity index (χ2v) is 6.19. The highest BCUT2D eigenvalue weighted by atomic mass is 16.2. The van der Waals surface area contributed by atoms with Gasteiger partial charge in [-0.25, -0.2) is 0 Å². The fourth-order valence-electron chi connectivity index (χ4n) is 2.86. The molecule has 0 bridgehead atoms. The highest BCUT2D eigenvalue weighted by molar-refractivity contribution is 5.95. The summed E-state index contributed by atoms with van der Waals surface area (Å²) in [5.74, 6) is -0.524. The van der Waals surface area contributed by atoms with Crippen LogP contribution in [0.25, 0.3) is 22.3 Å². The molecular formula is C22H21N3O2. The number of hydrogen-bond acceptors (Lipinski definition) is 3. The van der Waals surface area contributed by atoms with Gasteiger partial charge in [0.2, 0.25) is 5.91 Å². The molecule has 27 heavy (non-hydrogen) atoms. The van der Waals surface area contributed by atoms with E-state index in [9.17, 15) is 9.59 Å². The second kappa shape index (κ2) is 8.76. The highest BCUT2D eigenvalue weighted by Gasteiger charge is 2.09. The van der Waals surface area contributed by atoms with Crippen molar-refractivity contribution in [2.75, 3.05) is 6.54 Å². The average Bonchev–Trinajstić information content (AvgIpc) is 2.72. The number of nitrogens with zero attached hydrogens (tertiary/aromatic N) is 1. The van der Waals surface area contributed by atoms with Gasteiger partial charge in [-0.05, 0) is 41.3 Å². The van der Waals surface area contributed by atoms with Crippen LogP contribution in [0.5, 0.6) is 0 Å². The van der Waals surface area contributed by atoms with Crippen LogP contribution in [-0.2, 0) is 4.79 Å². The summed E-state index contributed by atoms with van der Waals surface area (Å²) in [5, 5.41) is 2.79. The summed E-state index contributed by atoms with van der Waals surface area (Å²) in [6, 6.07) is 19.5. The van der Waals surface area contributed by atoms with Crippen LogP contribution in [0.4, 0.5) is 0 Å². The van der Waals surface area contributed by atoms with Gasteiger partial charge in [0.15, 0.2) is 0 Å². The van der Waals surface area contributed by atoms with E-state index in [4.69, 9.17) is 5.73 Å². The van der Waals surface area contributed by atoms with Crippen LogP contribution in [0.15, 0.2) is 73.1 Å². The molecule has 0 unspecified atom stereocenters. The summed E-state index contributed by atoms with van der Waals surface area (Å²) in [6.07, 6.45) is 4.42. The van der Waals surface area contributed by atoms with E-state index in [2.05, 4.69) is 22.4 Å². The third-order valence-electron chi connectivity index (χ3n) is 4.25. The lowest BCUT2D eigenvalue weighted by Crippen LogP contribution is -2.25. The number of primary amides is 1. The Balaban J connectivity index is 1.75. The monoisotopic (exact) mass is 359 g/mol. The van der Waals surface area contributed by atoms with Crippen LogP contribution >= 0.6 is 0 Å². The molecule has 1 heterocycles. The fourth-order valence-corrected chi connectivity index (χ4v) is 2.86. The standard InChI is InChI=1S/C22H21N3O2/c23-21(26)7-4-13-25-22(27)18-10-8-17(9-11-18)19-12-14-24-15-20(19)16-5-2-1-3-6-16/h1-3,5-6,8-12,14-15H,4,7,13H2,(H2,23,26)(H,25,27). The SMILES string of the molecule is NC(=O)CCCNC(=O)c1ccc(-c2ccncc2-c2ccccc2)cc1. The maximum absolute atomic E-state index is 12.2. The van der Waals surface area contributed by atoms with Gasteiger partial charge >= 0.3 is 0 Å². The third kappa shape index (κ3) is 4.79. The lowest BCUT2D eigenvalue weighted by atomic mass is 9.96. The van der Waals surface area contributed by atoms with Crippen molar-refractivity contribution in [2.24, 2.45) is 5.73 Å². The molecule has 0 radical (unpaired) electrons. The van der Waals surface area contributed by atoms with Crippen LogP contribution in [0.2, 0.25) is 0 Å². The molecule has 2 aromatic carbocycles. The lowest BCUT2D eigenvalue weighted by molar-refractivity contribution is -0.118. The highest BCUT2D eigenvalue weighted by Crippen LogP contribution is 2.31. The molecule has 0 aliphatic carbocycles. The van der Waals surface area contributed by atoms with Crippen molar-refractivity contribution >= 4 is 11.8 Å². The Hall–Kier alpha value is -3.47. The minimum Gasteiger partial charge on any atom is -0.370 e. The fraction of sp³-hybridized carbons (Fsp3) is 0.136. The molecule has 5 heteroatoms. The van der Waals surface area contributed by atoms with Crippen molar-refractivity contribution in [3.8, 4) is 22.3 Å². The number of aromatic nitrogens is 1. The zero-order chi connectivity index (χ0) is 19.1. The Morgan fingerprint density at radius 2 is 1.59 bits per heavy atom. The van der Waals surface area contributed by atoms with Gasteiger partial charge in [0.05, 0.1) is 0 Å². The minimum absolute atomic E-state index is 0.163. The Labute approximate surface area is 158 Å². The molecule has 3 aromatic rings. The summed E-state index contributed by atoms with van der Waals surface area (Å²) in [6.45, 7) is 0.423. The first-order valence-corrected chi connectivity index (χ1v) is 8.81. The Morgan fingerprint density at radius 1 is 0.889 bits per heavy atom. The van der Waals surface area contributed by atoms with Crippen molar-refractivity contribution < 1.29 is 9.59 Å². The van der Waals surface area contributed by atoms with Gasteiger partial charge < -0.3 is 11.1 Å². The molecule has 0 aliphatic rings. The summed E-state index contributed by atoms with van der Waals surface area (Å²) in [4.78, 5) is 27.2. The molecule has 3 rings (SSSR count). The maximum Gasteiger partial charge on any atom is 0.251 e. The first-order valence-electron chi connectivity index (χ1n) is 8.81. The lowest BCUT2D eigenvalue weighted by Gasteiger charge is -2.10. The topological polar surface area (TPSA) is 85.1 Å². The second-order valence-electron chi connectivity index (χ2n) is 6.19. The molecule has 0 saturated carbocycles. The number of nitrogens with two attached hydrogens (primary N) is 1. The molecule has 5 nitrogen and oxygen atoms in total. The number of carbonyl (C=O) groups is 2. The normalized spacial score (nSPS) is 10.4. The van der Waals surface area contributed by atoms with Gasteiger partial charge in [-0.15, -0.1) is 0 Å². The minimum atomic E-state index is -0.361. The predicted molar refractivity (Wildman–Crippen MR) is 106 cm³/mol. The molecule has 136 valence electrons. The molecule has 0 aliphatic heterocycles. The third-order valence-corrected chi connectivity index (χ3v) is 4.25. The number of pyridine rings is 1. The van der Waals surface area contributed by atoms with Gasteiger partial charge in [0.1, 0.15) is 0 Å². The molecule has 3 N–H and O–H groups in total. The first kappa shape index (κ1) is 18.3. The van der Waals surface area contributed by atoms with E-state index in [0.717, 1.165) is 22.3 Å². The Bertz CT molecular complexity index is 922. The number of amides is 2. The molecule has 0 saturated heterocycles. The van der Waals surface area contributed by atoms with Crippen LogP contribution in [-0.4, -0.2) is 23.3 Å². The van der Waals surface area contributed by atoms with Crippen molar-refractivity contribution in [1.29, 1.82) is 0 Å². The van der Waals surface area contributed by atoms with Gasteiger partial charge in [-0.2, -0.15) is 0 Å². The summed E-state index contributed by atoms with van der Waals surface area (Å²) < 4.78 is 0. The summed E-state index contributed by atoms with van der Waals surface area (Å²) in [7, 11) is 0. The van der Waals surface area contributed by atoms with Crippen molar-refractivity contribution in [3.63, 3.8) is 0 Å². The Morgan fingerprint density at radius 3 is 2.30 bits per heavy atom. The molecule has 2 amide bonds. The predicted octanol–water partition coefficient (Wildman–Crippen LogP) is 3.41. The van der Waals surface area contributed by atoms with Gasteiger partial charge in [-0.1, -0.05) is 42.5 Å².